The van der Waals surface area contributed by atoms with Crippen molar-refractivity contribution in [2.75, 3.05) is 20.3 Å². The van der Waals surface area contributed by atoms with Crippen LogP contribution in [0.3, 0.4) is 0 Å². The van der Waals surface area contributed by atoms with Gasteiger partial charge < -0.3 is 25.2 Å². The van der Waals surface area contributed by atoms with Gasteiger partial charge in [0.1, 0.15) is 6.61 Å². The molecule has 0 bridgehead atoms. The van der Waals surface area contributed by atoms with Gasteiger partial charge in [0, 0.05) is 25.0 Å². The van der Waals surface area contributed by atoms with E-state index in [1.807, 2.05) is 24.3 Å². The molecule has 8 nitrogen and oxygen atoms in total. The number of benzene rings is 2. The van der Waals surface area contributed by atoms with E-state index in [-0.39, 0.29) is 36.9 Å². The molecule has 3 unspecified atom stereocenters. The smallest absolute Gasteiger partial charge is 0.407 e. The van der Waals surface area contributed by atoms with E-state index in [0.29, 0.717) is 19.3 Å². The maximum absolute atomic E-state index is 12.5. The molecule has 2 aliphatic rings. The topological polar surface area (TPSA) is 114 Å². The first-order valence-electron chi connectivity index (χ1n) is 11.1. The summed E-state index contributed by atoms with van der Waals surface area (Å²) >= 11 is 0. The maximum atomic E-state index is 12.5. The second-order valence-electron chi connectivity index (χ2n) is 8.48. The largest absolute Gasteiger partial charge is 0.479 e. The summed E-state index contributed by atoms with van der Waals surface area (Å²) < 4.78 is 10.4. The number of ether oxygens (including phenoxy) is 2. The lowest BCUT2D eigenvalue weighted by Crippen LogP contribution is -2.40. The highest BCUT2D eigenvalue weighted by Gasteiger charge is 2.33. The zero-order valence-corrected chi connectivity index (χ0v) is 18.5. The molecular weight excluding hydrogens is 424 g/mol. The second-order valence-corrected chi connectivity index (χ2v) is 8.48. The van der Waals surface area contributed by atoms with Crippen molar-refractivity contribution >= 4 is 18.0 Å². The monoisotopic (exact) mass is 452 g/mol. The lowest BCUT2D eigenvalue weighted by Gasteiger charge is -2.17. The average molecular weight is 453 g/mol. The fourth-order valence-electron chi connectivity index (χ4n) is 4.77. The van der Waals surface area contributed by atoms with Crippen molar-refractivity contribution < 1.29 is 29.0 Å². The van der Waals surface area contributed by atoms with Crippen molar-refractivity contribution in [3.05, 3.63) is 59.7 Å². The number of aliphatic carboxylic acids is 1. The quantitative estimate of drug-likeness (QED) is 0.568. The average Bonchev–Trinajstić information content (AvgIpc) is 3.40. The minimum absolute atomic E-state index is 0.00628. The van der Waals surface area contributed by atoms with E-state index in [1.165, 1.54) is 18.2 Å². The van der Waals surface area contributed by atoms with E-state index >= 15 is 0 Å². The Bertz CT molecular complexity index is 994. The number of carboxylic acids is 1. The zero-order valence-electron chi connectivity index (χ0n) is 18.5. The third-order valence-electron chi connectivity index (χ3n) is 6.49. The SMILES string of the molecule is COC(CNC(=O)C1CCC(NC(=O)OCC2c3ccccc3-c3ccccc32)C1)C(=O)O. The molecule has 0 radical (unpaired) electrons. The van der Waals surface area contributed by atoms with Crippen LogP contribution in [0.5, 0.6) is 0 Å². The number of nitrogens with one attached hydrogen (secondary N) is 2. The molecule has 2 aromatic rings. The van der Waals surface area contributed by atoms with Crippen LogP contribution >= 0.6 is 0 Å². The highest BCUT2D eigenvalue weighted by Crippen LogP contribution is 2.44. The molecule has 2 amide bonds. The lowest BCUT2D eigenvalue weighted by atomic mass is 9.98. The molecule has 0 aromatic heterocycles. The van der Waals surface area contributed by atoms with Crippen LogP contribution in [-0.2, 0) is 19.1 Å². The minimum atomic E-state index is -1.13. The van der Waals surface area contributed by atoms with Gasteiger partial charge in [-0.05, 0) is 41.5 Å². The molecule has 8 heteroatoms. The van der Waals surface area contributed by atoms with Gasteiger partial charge in [0.15, 0.2) is 6.10 Å². The first-order chi connectivity index (χ1) is 16.0. The van der Waals surface area contributed by atoms with Crippen LogP contribution < -0.4 is 10.6 Å². The first kappa shape index (κ1) is 22.8. The number of hydrogen-bond acceptors (Lipinski definition) is 5. The van der Waals surface area contributed by atoms with Crippen molar-refractivity contribution in [3.8, 4) is 11.1 Å². The van der Waals surface area contributed by atoms with Crippen LogP contribution in [0, 0.1) is 5.92 Å². The predicted octanol–water partition coefficient (Wildman–Crippen LogP) is 2.91. The van der Waals surface area contributed by atoms with Gasteiger partial charge in [-0.15, -0.1) is 0 Å². The minimum Gasteiger partial charge on any atom is -0.479 e. The Morgan fingerprint density at radius 2 is 1.67 bits per heavy atom. The summed E-state index contributed by atoms with van der Waals surface area (Å²) in [6.07, 6.45) is 0.193. The Morgan fingerprint density at radius 1 is 1.03 bits per heavy atom. The Morgan fingerprint density at radius 3 is 2.27 bits per heavy atom. The van der Waals surface area contributed by atoms with Gasteiger partial charge in [-0.3, -0.25) is 4.79 Å². The molecule has 1 saturated carbocycles. The Labute approximate surface area is 192 Å². The van der Waals surface area contributed by atoms with Gasteiger partial charge in [-0.2, -0.15) is 0 Å². The lowest BCUT2D eigenvalue weighted by molar-refractivity contribution is -0.148. The predicted molar refractivity (Wildman–Crippen MR) is 121 cm³/mol. The molecule has 0 aliphatic heterocycles. The number of hydrogen-bond donors (Lipinski definition) is 3. The summed E-state index contributed by atoms with van der Waals surface area (Å²) in [6, 6.07) is 16.2. The number of carbonyl (C=O) groups excluding carboxylic acids is 2. The summed E-state index contributed by atoms with van der Waals surface area (Å²) in [6.45, 7) is 0.149. The van der Waals surface area contributed by atoms with Crippen LogP contribution in [-0.4, -0.2) is 55.5 Å². The highest BCUT2D eigenvalue weighted by atomic mass is 16.5. The van der Waals surface area contributed by atoms with Crippen molar-refractivity contribution in [2.24, 2.45) is 5.92 Å². The molecule has 0 spiro atoms. The van der Waals surface area contributed by atoms with Gasteiger partial charge in [-0.1, -0.05) is 48.5 Å². The van der Waals surface area contributed by atoms with Crippen LogP contribution in [0.15, 0.2) is 48.5 Å². The van der Waals surface area contributed by atoms with Gasteiger partial charge in [0.2, 0.25) is 5.91 Å². The molecule has 174 valence electrons. The molecule has 3 N–H and O–H groups in total. The highest BCUT2D eigenvalue weighted by molar-refractivity contribution is 5.81. The van der Waals surface area contributed by atoms with Crippen molar-refractivity contribution in [1.82, 2.24) is 10.6 Å². The molecule has 33 heavy (non-hydrogen) atoms. The summed E-state index contributed by atoms with van der Waals surface area (Å²) in [7, 11) is 1.29. The number of carboxylic acid groups (broad SMARTS) is 1. The summed E-state index contributed by atoms with van der Waals surface area (Å²) in [5.74, 6) is -1.64. The number of amides is 2. The van der Waals surface area contributed by atoms with E-state index in [2.05, 4.69) is 34.9 Å². The number of methoxy groups -OCH3 is 1. The van der Waals surface area contributed by atoms with E-state index in [4.69, 9.17) is 14.6 Å². The Kier molecular flexibility index (Phi) is 6.93. The molecule has 1 fully saturated rings. The van der Waals surface area contributed by atoms with Crippen LogP contribution in [0.1, 0.15) is 36.3 Å². The molecular formula is C25H28N2O6. The summed E-state index contributed by atoms with van der Waals surface area (Å²) in [5, 5.41) is 14.5. The molecule has 0 heterocycles. The van der Waals surface area contributed by atoms with Gasteiger partial charge >= 0.3 is 12.1 Å². The Hall–Kier alpha value is -3.39. The van der Waals surface area contributed by atoms with Crippen LogP contribution in [0.2, 0.25) is 0 Å². The van der Waals surface area contributed by atoms with Crippen molar-refractivity contribution in [2.45, 2.75) is 37.3 Å². The third kappa shape index (κ3) is 5.01. The molecule has 2 aliphatic carbocycles. The third-order valence-corrected chi connectivity index (χ3v) is 6.49. The van der Waals surface area contributed by atoms with Crippen molar-refractivity contribution in [1.29, 1.82) is 0 Å². The van der Waals surface area contributed by atoms with E-state index in [1.54, 1.807) is 0 Å². The molecule has 4 rings (SSSR count). The zero-order chi connectivity index (χ0) is 23.4. The van der Waals surface area contributed by atoms with E-state index in [9.17, 15) is 14.4 Å². The van der Waals surface area contributed by atoms with Gasteiger partial charge in [0.05, 0.1) is 6.54 Å². The maximum Gasteiger partial charge on any atom is 0.407 e. The standard InChI is InChI=1S/C25H28N2O6/c1-32-22(24(29)30)13-26-23(28)15-10-11-16(12-15)27-25(31)33-14-21-19-8-4-2-6-17(19)18-7-3-5-9-20(18)21/h2-9,15-16,21-22H,10-14H2,1H3,(H,26,28)(H,27,31)(H,29,30). The van der Waals surface area contributed by atoms with E-state index < -0.39 is 18.2 Å². The van der Waals surface area contributed by atoms with Crippen LogP contribution in [0.4, 0.5) is 4.79 Å². The Balaban J connectivity index is 1.27. The number of rotatable bonds is 8. The fourth-order valence-corrected chi connectivity index (χ4v) is 4.77. The van der Waals surface area contributed by atoms with Crippen molar-refractivity contribution in [3.63, 3.8) is 0 Å². The number of fused-ring (bicyclic) bond motifs is 3. The summed E-state index contributed by atoms with van der Waals surface area (Å²) in [5.41, 5.74) is 4.65. The molecule has 2 aromatic carbocycles. The molecule has 3 atom stereocenters. The van der Waals surface area contributed by atoms with Gasteiger partial charge in [-0.25, -0.2) is 9.59 Å². The first-order valence-corrected chi connectivity index (χ1v) is 11.1. The fraction of sp³-hybridized carbons (Fsp3) is 0.400. The number of carbonyl (C=O) groups is 3. The molecule has 0 saturated heterocycles. The summed E-state index contributed by atoms with van der Waals surface area (Å²) in [4.78, 5) is 35.8. The second kappa shape index (κ2) is 10.0. The van der Waals surface area contributed by atoms with E-state index in [0.717, 1.165) is 11.1 Å². The van der Waals surface area contributed by atoms with Crippen LogP contribution in [0.25, 0.3) is 11.1 Å². The normalized spacial score (nSPS) is 19.9. The number of alkyl carbamates (subject to hydrolysis) is 1. The van der Waals surface area contributed by atoms with Gasteiger partial charge in [0.25, 0.3) is 0 Å².